The highest BCUT2D eigenvalue weighted by Gasteiger charge is 2.49. The van der Waals surface area contributed by atoms with E-state index in [0.717, 1.165) is 23.3 Å². The first-order valence-electron chi connectivity index (χ1n) is 11.0. The molecule has 1 aliphatic carbocycles. The van der Waals surface area contributed by atoms with Gasteiger partial charge in [-0.1, -0.05) is 50.4 Å². The van der Waals surface area contributed by atoms with Crippen molar-refractivity contribution in [2.45, 2.75) is 68.8 Å². The summed E-state index contributed by atoms with van der Waals surface area (Å²) in [7, 11) is -3.99. The van der Waals surface area contributed by atoms with E-state index in [2.05, 4.69) is 13.8 Å². The van der Waals surface area contributed by atoms with E-state index < -0.39 is 22.0 Å². The van der Waals surface area contributed by atoms with E-state index in [-0.39, 0.29) is 23.3 Å². The maximum Gasteiger partial charge on any atom is 0.252 e. The number of hydrogen-bond donors (Lipinski definition) is 0. The number of rotatable bonds is 6. The van der Waals surface area contributed by atoms with Crippen LogP contribution in [-0.4, -0.2) is 36.6 Å². The van der Waals surface area contributed by atoms with Crippen molar-refractivity contribution in [2.24, 2.45) is 0 Å². The molecule has 1 atom stereocenters. The largest absolute Gasteiger partial charge is 0.274 e. The van der Waals surface area contributed by atoms with E-state index in [1.807, 2.05) is 12.1 Å². The lowest BCUT2D eigenvalue weighted by Gasteiger charge is -2.32. The standard InChI is InChI=1S/C24H27ClN2O4S/c1-16(2)17-7-11-19(12-8-17)26-23(28)15-22(24(26)29)27(20-5-3-4-6-20)32(30,31)21-13-9-18(25)10-14-21/h7-14,16,20,22H,3-6,15H2,1-2H3. The Kier molecular flexibility index (Phi) is 6.43. The van der Waals surface area contributed by atoms with Crippen LogP contribution >= 0.6 is 11.6 Å². The summed E-state index contributed by atoms with van der Waals surface area (Å²) in [5, 5.41) is 0.430. The quantitative estimate of drug-likeness (QED) is 0.567. The van der Waals surface area contributed by atoms with E-state index in [1.54, 1.807) is 12.1 Å². The van der Waals surface area contributed by atoms with Gasteiger partial charge in [0.05, 0.1) is 17.0 Å². The molecule has 1 saturated heterocycles. The highest BCUT2D eigenvalue weighted by molar-refractivity contribution is 7.89. The average molecular weight is 475 g/mol. The number of imide groups is 1. The maximum absolute atomic E-state index is 13.6. The van der Waals surface area contributed by atoms with Crippen LogP contribution in [0.5, 0.6) is 0 Å². The molecule has 2 aromatic carbocycles. The van der Waals surface area contributed by atoms with Crippen LogP contribution in [-0.2, 0) is 19.6 Å². The number of amides is 2. The predicted molar refractivity (Wildman–Crippen MR) is 124 cm³/mol. The second-order valence-electron chi connectivity index (χ2n) is 8.76. The van der Waals surface area contributed by atoms with Crippen LogP contribution in [0.15, 0.2) is 53.4 Å². The van der Waals surface area contributed by atoms with Crippen molar-refractivity contribution < 1.29 is 18.0 Å². The number of carbonyl (C=O) groups excluding carboxylic acids is 2. The van der Waals surface area contributed by atoms with Gasteiger partial charge in [0, 0.05) is 11.1 Å². The third-order valence-corrected chi connectivity index (χ3v) is 8.55. The van der Waals surface area contributed by atoms with E-state index in [1.165, 1.54) is 28.6 Å². The van der Waals surface area contributed by atoms with Crippen LogP contribution < -0.4 is 4.90 Å². The van der Waals surface area contributed by atoms with Crippen molar-refractivity contribution >= 4 is 39.1 Å². The summed E-state index contributed by atoms with van der Waals surface area (Å²) in [6, 6.07) is 11.9. The van der Waals surface area contributed by atoms with Gasteiger partial charge in [-0.25, -0.2) is 13.3 Å². The Labute approximate surface area is 194 Å². The molecule has 6 nitrogen and oxygen atoms in total. The van der Waals surface area contributed by atoms with Crippen molar-refractivity contribution in [3.63, 3.8) is 0 Å². The summed E-state index contributed by atoms with van der Waals surface area (Å²) in [6.45, 7) is 4.14. The van der Waals surface area contributed by atoms with Gasteiger partial charge in [0.15, 0.2) is 0 Å². The lowest BCUT2D eigenvalue weighted by atomic mass is 10.0. The SMILES string of the molecule is CC(C)c1ccc(N2C(=O)CC(N(C3CCCC3)S(=O)(=O)c3ccc(Cl)cc3)C2=O)cc1. The number of nitrogens with zero attached hydrogens (tertiary/aromatic N) is 2. The zero-order valence-corrected chi connectivity index (χ0v) is 19.8. The third kappa shape index (κ3) is 4.21. The van der Waals surface area contributed by atoms with Gasteiger partial charge in [-0.2, -0.15) is 4.31 Å². The molecule has 1 aliphatic heterocycles. The Morgan fingerprint density at radius 3 is 2.12 bits per heavy atom. The highest BCUT2D eigenvalue weighted by Crippen LogP contribution is 2.36. The Morgan fingerprint density at radius 2 is 1.56 bits per heavy atom. The van der Waals surface area contributed by atoms with Gasteiger partial charge in [-0.05, 0) is 60.7 Å². The smallest absolute Gasteiger partial charge is 0.252 e. The molecule has 2 amide bonds. The Morgan fingerprint density at radius 1 is 0.969 bits per heavy atom. The molecule has 0 radical (unpaired) electrons. The van der Waals surface area contributed by atoms with E-state index in [9.17, 15) is 18.0 Å². The minimum absolute atomic E-state index is 0.0776. The minimum Gasteiger partial charge on any atom is -0.274 e. The molecule has 2 aliphatic rings. The van der Waals surface area contributed by atoms with Gasteiger partial charge in [-0.15, -0.1) is 0 Å². The third-order valence-electron chi connectivity index (χ3n) is 6.32. The van der Waals surface area contributed by atoms with Gasteiger partial charge in [0.25, 0.3) is 5.91 Å². The number of sulfonamides is 1. The molecule has 2 aromatic rings. The average Bonchev–Trinajstić information content (AvgIpc) is 3.37. The number of benzene rings is 2. The van der Waals surface area contributed by atoms with Gasteiger partial charge in [0.2, 0.25) is 15.9 Å². The molecular weight excluding hydrogens is 448 g/mol. The molecular formula is C24H27ClN2O4S. The summed E-state index contributed by atoms with van der Waals surface area (Å²) in [5.74, 6) is -0.549. The fraction of sp³-hybridized carbons (Fsp3) is 0.417. The van der Waals surface area contributed by atoms with Crippen molar-refractivity contribution in [3.8, 4) is 0 Å². The molecule has 4 rings (SSSR count). The Balaban J connectivity index is 1.70. The zero-order chi connectivity index (χ0) is 23.0. The lowest BCUT2D eigenvalue weighted by molar-refractivity contribution is -0.122. The number of anilines is 1. The fourth-order valence-electron chi connectivity index (χ4n) is 4.60. The lowest BCUT2D eigenvalue weighted by Crippen LogP contribution is -2.49. The first-order chi connectivity index (χ1) is 15.2. The molecule has 2 fully saturated rings. The van der Waals surface area contributed by atoms with Crippen LogP contribution in [0.3, 0.4) is 0 Å². The summed E-state index contributed by atoms with van der Waals surface area (Å²) < 4.78 is 28.6. The molecule has 1 heterocycles. The molecule has 32 heavy (non-hydrogen) atoms. The Hall–Kier alpha value is -2.22. The van der Waals surface area contributed by atoms with Gasteiger partial charge in [-0.3, -0.25) is 9.59 Å². The van der Waals surface area contributed by atoms with Crippen LogP contribution in [0, 0.1) is 0 Å². The van der Waals surface area contributed by atoms with E-state index in [4.69, 9.17) is 11.6 Å². The molecule has 8 heteroatoms. The number of hydrogen-bond acceptors (Lipinski definition) is 4. The molecule has 0 aromatic heterocycles. The minimum atomic E-state index is -3.99. The van der Waals surface area contributed by atoms with Crippen molar-refractivity contribution in [2.75, 3.05) is 4.90 Å². The van der Waals surface area contributed by atoms with Crippen molar-refractivity contribution in [1.82, 2.24) is 4.31 Å². The van der Waals surface area contributed by atoms with Crippen LogP contribution in [0.25, 0.3) is 0 Å². The molecule has 170 valence electrons. The van der Waals surface area contributed by atoms with Gasteiger partial charge in [0.1, 0.15) is 6.04 Å². The summed E-state index contributed by atoms with van der Waals surface area (Å²) >= 11 is 5.94. The van der Waals surface area contributed by atoms with Crippen LogP contribution in [0.4, 0.5) is 5.69 Å². The van der Waals surface area contributed by atoms with Crippen molar-refractivity contribution in [3.05, 3.63) is 59.1 Å². The zero-order valence-electron chi connectivity index (χ0n) is 18.2. The molecule has 1 unspecified atom stereocenters. The van der Waals surface area contributed by atoms with Crippen LogP contribution in [0.2, 0.25) is 5.02 Å². The number of halogens is 1. The van der Waals surface area contributed by atoms with E-state index >= 15 is 0 Å². The van der Waals surface area contributed by atoms with Crippen LogP contribution in [0.1, 0.15) is 57.4 Å². The second kappa shape index (κ2) is 8.96. The highest BCUT2D eigenvalue weighted by atomic mass is 35.5. The monoisotopic (exact) mass is 474 g/mol. The summed E-state index contributed by atoms with van der Waals surface area (Å²) in [4.78, 5) is 27.6. The molecule has 1 saturated carbocycles. The van der Waals surface area contributed by atoms with E-state index in [0.29, 0.717) is 29.5 Å². The summed E-state index contributed by atoms with van der Waals surface area (Å²) in [6.07, 6.45) is 2.98. The van der Waals surface area contributed by atoms with Crippen molar-refractivity contribution in [1.29, 1.82) is 0 Å². The first kappa shape index (κ1) is 23.0. The Bertz CT molecular complexity index is 1110. The van der Waals surface area contributed by atoms with Gasteiger partial charge < -0.3 is 0 Å². The summed E-state index contributed by atoms with van der Waals surface area (Å²) in [5.41, 5.74) is 1.57. The van der Waals surface area contributed by atoms with Gasteiger partial charge >= 0.3 is 0 Å². The second-order valence-corrected chi connectivity index (χ2v) is 11.0. The number of carbonyl (C=O) groups is 2. The predicted octanol–water partition coefficient (Wildman–Crippen LogP) is 4.73. The normalized spacial score (nSPS) is 20.2. The maximum atomic E-state index is 13.6. The first-order valence-corrected chi connectivity index (χ1v) is 12.8. The topological polar surface area (TPSA) is 74.8 Å². The molecule has 0 bridgehead atoms. The fourth-order valence-corrected chi connectivity index (χ4v) is 6.55. The molecule has 0 N–H and O–H groups in total. The molecule has 0 spiro atoms.